The Labute approximate surface area is 159 Å². The van der Waals surface area contributed by atoms with E-state index in [0.29, 0.717) is 25.9 Å². The molecule has 0 radical (unpaired) electrons. The Hall–Kier alpha value is -1.59. The van der Waals surface area contributed by atoms with Gasteiger partial charge in [0.1, 0.15) is 0 Å². The molecule has 0 amide bonds. The van der Waals surface area contributed by atoms with Crippen molar-refractivity contribution in [2.75, 3.05) is 6.61 Å². The van der Waals surface area contributed by atoms with Crippen LogP contribution in [0, 0.1) is 0 Å². The number of carboxylic acid groups (broad SMARTS) is 2. The van der Waals surface area contributed by atoms with Crippen LogP contribution in [0.15, 0.2) is 0 Å². The van der Waals surface area contributed by atoms with E-state index in [0.717, 1.165) is 57.8 Å². The number of ether oxygens (including phenoxy) is 1. The Morgan fingerprint density at radius 1 is 0.615 bits per heavy atom. The number of carboxylic acids is 2. The summed E-state index contributed by atoms with van der Waals surface area (Å²) >= 11 is 0. The molecule has 0 aromatic rings. The molecule has 0 fully saturated rings. The van der Waals surface area contributed by atoms with Crippen molar-refractivity contribution in [2.45, 2.75) is 105 Å². The lowest BCUT2D eigenvalue weighted by molar-refractivity contribution is -0.143. The highest BCUT2D eigenvalue weighted by Gasteiger charge is 1.98. The Kier molecular flexibility index (Phi) is 28.8. The summed E-state index contributed by atoms with van der Waals surface area (Å²) in [6.45, 7) is 8.57. The lowest BCUT2D eigenvalue weighted by atomic mass is 10.2. The minimum absolute atomic E-state index is 0.0593. The van der Waals surface area contributed by atoms with Crippen molar-refractivity contribution in [1.29, 1.82) is 0 Å². The zero-order valence-electron chi connectivity index (χ0n) is 17.2. The Bertz CT molecular complexity index is 308. The average Bonchev–Trinajstić information content (AvgIpc) is 2.56. The van der Waals surface area contributed by atoms with Crippen LogP contribution in [-0.4, -0.2) is 34.7 Å². The van der Waals surface area contributed by atoms with Crippen LogP contribution in [0.4, 0.5) is 0 Å². The van der Waals surface area contributed by atoms with Crippen LogP contribution in [0.3, 0.4) is 0 Å². The number of rotatable bonds is 13. The van der Waals surface area contributed by atoms with Crippen molar-refractivity contribution in [3.05, 3.63) is 0 Å². The third-order valence-electron chi connectivity index (χ3n) is 3.28. The van der Waals surface area contributed by atoms with Crippen molar-refractivity contribution in [3.63, 3.8) is 0 Å². The van der Waals surface area contributed by atoms with Crippen LogP contribution in [-0.2, 0) is 19.1 Å². The molecule has 26 heavy (non-hydrogen) atoms. The summed E-state index contributed by atoms with van der Waals surface area (Å²) < 4.78 is 4.75. The first-order valence-electron chi connectivity index (χ1n) is 9.94. The van der Waals surface area contributed by atoms with Gasteiger partial charge in [-0.15, -0.1) is 0 Å². The van der Waals surface area contributed by atoms with Crippen LogP contribution in [0.5, 0.6) is 0 Å². The van der Waals surface area contributed by atoms with E-state index < -0.39 is 11.9 Å². The smallest absolute Gasteiger partial charge is 0.305 e. The molecule has 6 nitrogen and oxygen atoms in total. The second-order valence-corrected chi connectivity index (χ2v) is 5.96. The zero-order valence-corrected chi connectivity index (χ0v) is 17.2. The fourth-order valence-electron chi connectivity index (χ4n) is 1.80. The first kappa shape index (κ1) is 29.2. The number of hydrogen-bond donors (Lipinski definition) is 2. The van der Waals surface area contributed by atoms with Crippen LogP contribution >= 0.6 is 0 Å². The second-order valence-electron chi connectivity index (χ2n) is 5.96. The predicted octanol–water partition coefficient (Wildman–Crippen LogP) is 5.43. The van der Waals surface area contributed by atoms with Crippen molar-refractivity contribution < 1.29 is 29.3 Å². The number of unbranched alkanes of at least 4 members (excludes halogenated alkanes) is 6. The number of carbonyl (C=O) groups excluding carboxylic acids is 1. The van der Waals surface area contributed by atoms with Gasteiger partial charge in [-0.05, 0) is 26.2 Å². The normalized spacial score (nSPS) is 9.23. The molecular formula is C20H40O6. The van der Waals surface area contributed by atoms with Gasteiger partial charge in [0.2, 0.25) is 0 Å². The second kappa shape index (κ2) is 25.6. The van der Waals surface area contributed by atoms with E-state index in [4.69, 9.17) is 14.9 Å². The summed E-state index contributed by atoms with van der Waals surface area (Å²) in [5.74, 6) is -1.42. The van der Waals surface area contributed by atoms with Gasteiger partial charge in [0, 0.05) is 19.3 Å². The molecule has 0 atom stereocenters. The first-order valence-corrected chi connectivity index (χ1v) is 9.94. The van der Waals surface area contributed by atoms with Crippen molar-refractivity contribution >= 4 is 17.9 Å². The maximum atomic E-state index is 10.7. The first-order chi connectivity index (χ1) is 12.3. The van der Waals surface area contributed by atoms with Crippen LogP contribution < -0.4 is 0 Å². The quantitative estimate of drug-likeness (QED) is 0.328. The monoisotopic (exact) mass is 376 g/mol. The van der Waals surface area contributed by atoms with Gasteiger partial charge in [0.25, 0.3) is 0 Å². The molecule has 0 bridgehead atoms. The Morgan fingerprint density at radius 3 is 1.23 bits per heavy atom. The van der Waals surface area contributed by atoms with E-state index in [1.807, 2.05) is 6.92 Å². The highest BCUT2D eigenvalue weighted by atomic mass is 16.5. The van der Waals surface area contributed by atoms with E-state index in [9.17, 15) is 14.4 Å². The average molecular weight is 377 g/mol. The van der Waals surface area contributed by atoms with Gasteiger partial charge in [-0.1, -0.05) is 59.3 Å². The fourth-order valence-corrected chi connectivity index (χ4v) is 1.80. The van der Waals surface area contributed by atoms with Gasteiger partial charge in [-0.25, -0.2) is 0 Å². The third-order valence-corrected chi connectivity index (χ3v) is 3.28. The molecular weight excluding hydrogens is 336 g/mol. The molecule has 0 spiro atoms. The van der Waals surface area contributed by atoms with Crippen molar-refractivity contribution in [3.8, 4) is 0 Å². The number of aliphatic carboxylic acids is 2. The Morgan fingerprint density at radius 2 is 0.962 bits per heavy atom. The number of esters is 1. The molecule has 0 aromatic carbocycles. The summed E-state index contributed by atoms with van der Waals surface area (Å²) in [6.07, 6.45) is 10.4. The summed E-state index contributed by atoms with van der Waals surface area (Å²) in [6, 6.07) is 0. The van der Waals surface area contributed by atoms with Gasteiger partial charge < -0.3 is 14.9 Å². The lowest BCUT2D eigenvalue weighted by Gasteiger charge is -1.99. The molecule has 2 N–H and O–H groups in total. The molecule has 0 aromatic heterocycles. The van der Waals surface area contributed by atoms with Crippen LogP contribution in [0.1, 0.15) is 105 Å². The summed E-state index contributed by atoms with van der Waals surface area (Å²) in [5, 5.41) is 16.3. The Balaban J connectivity index is -0.000000308. The summed E-state index contributed by atoms with van der Waals surface area (Å²) in [5.41, 5.74) is 0. The van der Waals surface area contributed by atoms with Crippen molar-refractivity contribution in [1.82, 2.24) is 0 Å². The van der Waals surface area contributed by atoms with Gasteiger partial charge in [0.15, 0.2) is 0 Å². The molecule has 0 aliphatic heterocycles. The fraction of sp³-hybridized carbons (Fsp3) is 0.850. The van der Waals surface area contributed by atoms with Crippen LogP contribution in [0.25, 0.3) is 0 Å². The van der Waals surface area contributed by atoms with E-state index in [-0.39, 0.29) is 5.97 Å². The molecule has 0 heterocycles. The van der Waals surface area contributed by atoms with E-state index in [1.165, 1.54) is 0 Å². The van der Waals surface area contributed by atoms with Crippen LogP contribution in [0.2, 0.25) is 0 Å². The molecule has 0 saturated carbocycles. The highest BCUT2D eigenvalue weighted by Crippen LogP contribution is 2.00. The number of carbonyl (C=O) groups is 3. The third kappa shape index (κ3) is 38.1. The maximum absolute atomic E-state index is 10.7. The van der Waals surface area contributed by atoms with E-state index in [2.05, 4.69) is 20.8 Å². The molecule has 0 aliphatic carbocycles. The number of hydrogen-bond acceptors (Lipinski definition) is 4. The van der Waals surface area contributed by atoms with Gasteiger partial charge in [-0.3, -0.25) is 14.4 Å². The highest BCUT2D eigenvalue weighted by molar-refractivity contribution is 5.69. The topological polar surface area (TPSA) is 101 Å². The maximum Gasteiger partial charge on any atom is 0.305 e. The van der Waals surface area contributed by atoms with Gasteiger partial charge in [0.05, 0.1) is 6.61 Å². The molecule has 0 aliphatic rings. The lowest BCUT2D eigenvalue weighted by Crippen LogP contribution is -2.02. The minimum Gasteiger partial charge on any atom is -0.481 e. The minimum atomic E-state index is -0.682. The molecule has 0 rings (SSSR count). The van der Waals surface area contributed by atoms with Gasteiger partial charge in [-0.2, -0.15) is 0 Å². The van der Waals surface area contributed by atoms with Gasteiger partial charge >= 0.3 is 17.9 Å². The predicted molar refractivity (Wildman–Crippen MR) is 104 cm³/mol. The summed E-state index contributed by atoms with van der Waals surface area (Å²) in [4.78, 5) is 30.4. The summed E-state index contributed by atoms with van der Waals surface area (Å²) in [7, 11) is 0. The largest absolute Gasteiger partial charge is 0.481 e. The SMILES string of the molecule is CCCCCC(=O)O.CCCCCC(=O)O.CCCCCC(=O)OCC. The molecule has 156 valence electrons. The standard InChI is InChI=1S/C8H16O2.2C6H12O2/c1-3-5-6-7-8(9)10-4-2;2*1-2-3-4-5-6(7)8/h3-7H2,1-2H3;2*2-5H2,1H3,(H,7,8). The zero-order chi connectivity index (χ0) is 20.6. The molecule has 0 unspecified atom stereocenters. The van der Waals surface area contributed by atoms with E-state index in [1.54, 1.807) is 0 Å². The van der Waals surface area contributed by atoms with E-state index >= 15 is 0 Å². The molecule has 0 saturated heterocycles. The molecule has 6 heteroatoms. The van der Waals surface area contributed by atoms with Crippen molar-refractivity contribution in [2.24, 2.45) is 0 Å².